The Balaban J connectivity index is 1.97. The van der Waals surface area contributed by atoms with E-state index in [-0.39, 0.29) is 6.61 Å². The monoisotopic (exact) mass is 140 g/mol. The van der Waals surface area contributed by atoms with E-state index in [9.17, 15) is 0 Å². The minimum absolute atomic E-state index is 0.220. The summed E-state index contributed by atoms with van der Waals surface area (Å²) in [7, 11) is 0. The molecular formula is C7H12N2O. The van der Waals surface area contributed by atoms with Crippen molar-refractivity contribution in [2.24, 2.45) is 0 Å². The predicted molar refractivity (Wildman–Crippen MR) is 37.5 cm³/mol. The minimum Gasteiger partial charge on any atom is -0.365 e. The fourth-order valence-corrected chi connectivity index (χ4v) is 1.15. The summed E-state index contributed by atoms with van der Waals surface area (Å²) in [6.07, 6.45) is 2.42. The van der Waals surface area contributed by atoms with Gasteiger partial charge in [-0.3, -0.25) is 0 Å². The van der Waals surface area contributed by atoms with E-state index in [2.05, 4.69) is 5.32 Å². The van der Waals surface area contributed by atoms with Crippen molar-refractivity contribution in [3.8, 4) is 6.07 Å². The number of nitriles is 1. The molecule has 0 aromatic rings. The van der Waals surface area contributed by atoms with E-state index in [1.807, 2.05) is 6.07 Å². The third kappa shape index (κ3) is 2.34. The quantitative estimate of drug-likeness (QED) is 0.573. The van der Waals surface area contributed by atoms with Crippen LogP contribution < -0.4 is 5.32 Å². The smallest absolute Gasteiger partial charge is 0.133 e. The van der Waals surface area contributed by atoms with Crippen molar-refractivity contribution in [1.82, 2.24) is 5.32 Å². The number of nitrogens with one attached hydrogen (secondary N) is 1. The number of hydrogen-bond donors (Lipinski definition) is 1. The van der Waals surface area contributed by atoms with Crippen LogP contribution in [0.15, 0.2) is 0 Å². The highest BCUT2D eigenvalue weighted by atomic mass is 16.5. The first-order valence-corrected chi connectivity index (χ1v) is 3.61. The first kappa shape index (κ1) is 7.52. The molecule has 56 valence electrons. The largest absolute Gasteiger partial charge is 0.365 e. The van der Waals surface area contributed by atoms with Crippen LogP contribution in [0.25, 0.3) is 0 Å². The maximum Gasteiger partial charge on any atom is 0.133 e. The summed E-state index contributed by atoms with van der Waals surface area (Å²) in [4.78, 5) is 0. The van der Waals surface area contributed by atoms with Crippen LogP contribution in [0.5, 0.6) is 0 Å². The van der Waals surface area contributed by atoms with E-state index in [0.717, 1.165) is 6.54 Å². The Morgan fingerprint density at radius 2 is 2.60 bits per heavy atom. The molecule has 1 aliphatic heterocycles. The van der Waals surface area contributed by atoms with Crippen molar-refractivity contribution in [1.29, 1.82) is 5.26 Å². The normalized spacial score (nSPS) is 24.5. The van der Waals surface area contributed by atoms with Crippen molar-refractivity contribution in [2.45, 2.75) is 18.9 Å². The summed E-state index contributed by atoms with van der Waals surface area (Å²) in [6.45, 7) is 2.01. The molecule has 1 atom stereocenters. The Morgan fingerprint density at radius 1 is 1.70 bits per heavy atom. The van der Waals surface area contributed by atoms with E-state index < -0.39 is 0 Å². The maximum absolute atomic E-state index is 8.14. The zero-order valence-corrected chi connectivity index (χ0v) is 5.97. The van der Waals surface area contributed by atoms with Gasteiger partial charge in [-0.25, -0.2) is 0 Å². The van der Waals surface area contributed by atoms with Crippen LogP contribution in [0.3, 0.4) is 0 Å². The molecule has 0 aliphatic carbocycles. The van der Waals surface area contributed by atoms with Gasteiger partial charge in [-0.2, -0.15) is 5.26 Å². The van der Waals surface area contributed by atoms with Crippen molar-refractivity contribution >= 4 is 0 Å². The lowest BCUT2D eigenvalue weighted by molar-refractivity contribution is 0.144. The van der Waals surface area contributed by atoms with Crippen LogP contribution in [0.4, 0.5) is 0 Å². The van der Waals surface area contributed by atoms with Crippen LogP contribution in [-0.2, 0) is 4.74 Å². The van der Waals surface area contributed by atoms with Gasteiger partial charge >= 0.3 is 0 Å². The molecule has 1 heterocycles. The van der Waals surface area contributed by atoms with Crippen molar-refractivity contribution in [3.05, 3.63) is 0 Å². The average molecular weight is 140 g/mol. The highest BCUT2D eigenvalue weighted by Crippen LogP contribution is 2.04. The molecule has 1 fully saturated rings. The maximum atomic E-state index is 8.14. The standard InChI is InChI=1S/C7H12N2O/c8-3-5-10-6-7-2-1-4-9-7/h7,9H,1-2,4-6H2. The Bertz CT molecular complexity index is 124. The zero-order chi connectivity index (χ0) is 7.23. The van der Waals surface area contributed by atoms with Gasteiger partial charge in [0.25, 0.3) is 0 Å². The van der Waals surface area contributed by atoms with E-state index in [1.54, 1.807) is 0 Å². The van der Waals surface area contributed by atoms with Crippen LogP contribution in [0.2, 0.25) is 0 Å². The number of nitrogens with zero attached hydrogens (tertiary/aromatic N) is 1. The van der Waals surface area contributed by atoms with Gasteiger partial charge in [-0.1, -0.05) is 0 Å². The van der Waals surface area contributed by atoms with Gasteiger partial charge < -0.3 is 10.1 Å². The molecule has 10 heavy (non-hydrogen) atoms. The summed E-state index contributed by atoms with van der Waals surface area (Å²) in [6, 6.07) is 2.44. The zero-order valence-electron chi connectivity index (χ0n) is 5.97. The van der Waals surface area contributed by atoms with Crippen LogP contribution >= 0.6 is 0 Å². The average Bonchev–Trinajstić information content (AvgIpc) is 2.41. The highest BCUT2D eigenvalue weighted by molar-refractivity contribution is 4.74. The second kappa shape index (κ2) is 4.26. The fraction of sp³-hybridized carbons (Fsp3) is 0.857. The summed E-state index contributed by atoms with van der Waals surface area (Å²) >= 11 is 0. The fourth-order valence-electron chi connectivity index (χ4n) is 1.15. The molecule has 0 bridgehead atoms. The molecule has 0 saturated carbocycles. The Hall–Kier alpha value is -0.590. The van der Waals surface area contributed by atoms with Crippen molar-refractivity contribution < 1.29 is 4.74 Å². The van der Waals surface area contributed by atoms with Gasteiger partial charge in [0, 0.05) is 6.04 Å². The third-order valence-corrected chi connectivity index (χ3v) is 1.65. The Labute approximate surface area is 61.0 Å². The van der Waals surface area contributed by atoms with Gasteiger partial charge in [0.05, 0.1) is 12.7 Å². The first-order valence-electron chi connectivity index (χ1n) is 3.61. The molecule has 1 unspecified atom stereocenters. The van der Waals surface area contributed by atoms with Gasteiger partial charge in [0.1, 0.15) is 6.61 Å². The molecule has 0 aromatic carbocycles. The SMILES string of the molecule is N#CCOCC1CCCN1. The summed E-state index contributed by atoms with van der Waals surface area (Å²) < 4.78 is 5.04. The Kier molecular flexibility index (Phi) is 3.20. The van der Waals surface area contributed by atoms with Crippen molar-refractivity contribution in [3.63, 3.8) is 0 Å². The Morgan fingerprint density at radius 3 is 3.20 bits per heavy atom. The molecule has 0 radical (unpaired) electrons. The van der Waals surface area contributed by atoms with Crippen LogP contribution in [0.1, 0.15) is 12.8 Å². The molecular weight excluding hydrogens is 128 g/mol. The lowest BCUT2D eigenvalue weighted by Gasteiger charge is -2.07. The van der Waals surface area contributed by atoms with E-state index in [4.69, 9.17) is 10.00 Å². The van der Waals surface area contributed by atoms with E-state index in [0.29, 0.717) is 12.6 Å². The molecule has 1 N–H and O–H groups in total. The summed E-state index contributed by atoms with van der Waals surface area (Å²) in [5, 5.41) is 11.4. The van der Waals surface area contributed by atoms with Crippen molar-refractivity contribution in [2.75, 3.05) is 19.8 Å². The number of hydrogen-bond acceptors (Lipinski definition) is 3. The molecule has 0 spiro atoms. The molecule has 0 amide bonds. The molecule has 1 saturated heterocycles. The molecule has 1 aliphatic rings. The van der Waals surface area contributed by atoms with E-state index in [1.165, 1.54) is 12.8 Å². The summed E-state index contributed by atoms with van der Waals surface area (Å²) in [5.74, 6) is 0. The second-order valence-electron chi connectivity index (χ2n) is 2.47. The third-order valence-electron chi connectivity index (χ3n) is 1.65. The highest BCUT2D eigenvalue weighted by Gasteiger charge is 2.12. The lowest BCUT2D eigenvalue weighted by atomic mass is 10.2. The topological polar surface area (TPSA) is 45.0 Å². The van der Waals surface area contributed by atoms with E-state index >= 15 is 0 Å². The minimum atomic E-state index is 0.220. The summed E-state index contributed by atoms with van der Waals surface area (Å²) in [5.41, 5.74) is 0. The lowest BCUT2D eigenvalue weighted by Crippen LogP contribution is -2.26. The molecule has 0 aromatic heterocycles. The molecule has 3 heteroatoms. The number of rotatable bonds is 3. The van der Waals surface area contributed by atoms with Crippen LogP contribution in [-0.4, -0.2) is 25.8 Å². The predicted octanol–water partition coefficient (Wildman–Crippen LogP) is 0.279. The van der Waals surface area contributed by atoms with Gasteiger partial charge in [-0.05, 0) is 19.4 Å². The van der Waals surface area contributed by atoms with Gasteiger partial charge in [-0.15, -0.1) is 0 Å². The number of ether oxygens (including phenoxy) is 1. The van der Waals surface area contributed by atoms with Crippen LogP contribution in [0, 0.1) is 11.3 Å². The van der Waals surface area contributed by atoms with Gasteiger partial charge in [0.2, 0.25) is 0 Å². The molecule has 1 rings (SSSR count). The second-order valence-corrected chi connectivity index (χ2v) is 2.47. The van der Waals surface area contributed by atoms with Gasteiger partial charge in [0.15, 0.2) is 0 Å². The first-order chi connectivity index (χ1) is 4.93. The molecule has 3 nitrogen and oxygen atoms in total.